The molecule has 2 rings (SSSR count). The summed E-state index contributed by atoms with van der Waals surface area (Å²) in [5, 5.41) is 2.52. The van der Waals surface area contributed by atoms with E-state index in [1.54, 1.807) is 0 Å². The van der Waals surface area contributed by atoms with Gasteiger partial charge in [-0.15, -0.1) is 0 Å². The number of nitrogens with zero attached hydrogens (tertiary/aromatic N) is 1. The van der Waals surface area contributed by atoms with E-state index in [4.69, 9.17) is 0 Å². The van der Waals surface area contributed by atoms with Crippen molar-refractivity contribution in [1.29, 1.82) is 0 Å². The van der Waals surface area contributed by atoms with Crippen molar-refractivity contribution in [3.8, 4) is 0 Å². The van der Waals surface area contributed by atoms with Gasteiger partial charge < -0.3 is 0 Å². The van der Waals surface area contributed by atoms with Crippen LogP contribution in [0.25, 0.3) is 0 Å². The van der Waals surface area contributed by atoms with Crippen molar-refractivity contribution in [1.82, 2.24) is 10.4 Å². The van der Waals surface area contributed by atoms with Crippen LogP contribution in [0.4, 0.5) is 0 Å². The normalized spacial score (nSPS) is 34.8. The first-order valence-corrected chi connectivity index (χ1v) is 5.92. The average Bonchev–Trinajstić information content (AvgIpc) is 2.58. The van der Waals surface area contributed by atoms with Crippen molar-refractivity contribution in [3.63, 3.8) is 0 Å². The Hall–Kier alpha value is -0.0800. The van der Waals surface area contributed by atoms with Gasteiger partial charge in [0.05, 0.1) is 0 Å². The van der Waals surface area contributed by atoms with Crippen molar-refractivity contribution in [2.75, 3.05) is 13.1 Å². The first-order valence-electron chi connectivity index (χ1n) is 5.92. The lowest BCUT2D eigenvalue weighted by atomic mass is 9.85. The van der Waals surface area contributed by atoms with Crippen LogP contribution >= 0.6 is 0 Å². The Labute approximate surface area is 81.7 Å². The number of nitrogens with one attached hydrogen (secondary N) is 1. The predicted molar refractivity (Wildman–Crippen MR) is 55.4 cm³/mol. The second kappa shape index (κ2) is 4.43. The summed E-state index contributed by atoms with van der Waals surface area (Å²) in [6, 6.07) is 0.875. The van der Waals surface area contributed by atoms with Crippen LogP contribution in [-0.4, -0.2) is 24.1 Å². The Morgan fingerprint density at radius 3 is 3.00 bits per heavy atom. The highest BCUT2D eigenvalue weighted by Crippen LogP contribution is 2.30. The SMILES string of the molecule is CCCCN1NCC2CCCCC21. The Bertz CT molecular complexity index is 158. The van der Waals surface area contributed by atoms with Crippen molar-refractivity contribution in [2.24, 2.45) is 5.92 Å². The third kappa shape index (κ3) is 2.05. The summed E-state index contributed by atoms with van der Waals surface area (Å²) in [5.74, 6) is 0.964. The van der Waals surface area contributed by atoms with E-state index < -0.39 is 0 Å². The van der Waals surface area contributed by atoms with Crippen LogP contribution in [0.2, 0.25) is 0 Å². The Balaban J connectivity index is 1.84. The maximum atomic E-state index is 3.57. The molecule has 1 N–H and O–H groups in total. The van der Waals surface area contributed by atoms with Gasteiger partial charge in [-0.3, -0.25) is 5.43 Å². The lowest BCUT2D eigenvalue weighted by Gasteiger charge is -2.30. The van der Waals surface area contributed by atoms with Crippen LogP contribution in [0, 0.1) is 5.92 Å². The quantitative estimate of drug-likeness (QED) is 0.719. The molecule has 13 heavy (non-hydrogen) atoms. The Kier molecular flexibility index (Phi) is 3.23. The summed E-state index contributed by atoms with van der Waals surface area (Å²) >= 11 is 0. The molecule has 2 aliphatic rings. The third-order valence-corrected chi connectivity index (χ3v) is 3.58. The molecule has 2 fully saturated rings. The van der Waals surface area contributed by atoms with Gasteiger partial charge in [0.2, 0.25) is 0 Å². The van der Waals surface area contributed by atoms with Gasteiger partial charge in [0.15, 0.2) is 0 Å². The van der Waals surface area contributed by atoms with Crippen LogP contribution in [0.3, 0.4) is 0 Å². The molecule has 1 saturated heterocycles. The molecule has 2 atom stereocenters. The molecule has 0 amide bonds. The second-order valence-electron chi connectivity index (χ2n) is 4.52. The summed E-state index contributed by atoms with van der Waals surface area (Å²) in [7, 11) is 0. The first-order chi connectivity index (χ1) is 6.42. The molecule has 0 radical (unpaired) electrons. The number of hydrogen-bond donors (Lipinski definition) is 1. The molecule has 2 heteroatoms. The number of fused-ring (bicyclic) bond motifs is 1. The summed E-state index contributed by atoms with van der Waals surface area (Å²) in [6.45, 7) is 4.78. The molecule has 0 spiro atoms. The number of rotatable bonds is 3. The average molecular weight is 182 g/mol. The fourth-order valence-corrected chi connectivity index (χ4v) is 2.76. The molecule has 1 aliphatic heterocycles. The smallest absolute Gasteiger partial charge is 0.0284 e. The Morgan fingerprint density at radius 1 is 1.31 bits per heavy atom. The summed E-state index contributed by atoms with van der Waals surface area (Å²) in [4.78, 5) is 0. The highest BCUT2D eigenvalue weighted by atomic mass is 15.5. The third-order valence-electron chi connectivity index (χ3n) is 3.58. The van der Waals surface area contributed by atoms with E-state index in [0.29, 0.717) is 0 Å². The summed E-state index contributed by atoms with van der Waals surface area (Å²) in [6.07, 6.45) is 8.46. The van der Waals surface area contributed by atoms with Gasteiger partial charge in [-0.2, -0.15) is 0 Å². The number of hydrogen-bond acceptors (Lipinski definition) is 2. The van der Waals surface area contributed by atoms with E-state index in [-0.39, 0.29) is 0 Å². The van der Waals surface area contributed by atoms with Crippen molar-refractivity contribution >= 4 is 0 Å². The predicted octanol–water partition coefficient (Wildman–Crippen LogP) is 2.17. The molecular formula is C11H22N2. The molecule has 2 unspecified atom stereocenters. The zero-order valence-electron chi connectivity index (χ0n) is 8.76. The molecular weight excluding hydrogens is 160 g/mol. The maximum Gasteiger partial charge on any atom is 0.0284 e. The van der Waals surface area contributed by atoms with Crippen LogP contribution in [0.5, 0.6) is 0 Å². The van der Waals surface area contributed by atoms with Crippen LogP contribution in [0.1, 0.15) is 45.4 Å². The van der Waals surface area contributed by atoms with Gasteiger partial charge in [0.25, 0.3) is 0 Å². The minimum absolute atomic E-state index is 0.875. The second-order valence-corrected chi connectivity index (χ2v) is 4.52. The van der Waals surface area contributed by atoms with Crippen molar-refractivity contribution < 1.29 is 0 Å². The van der Waals surface area contributed by atoms with Gasteiger partial charge in [-0.05, 0) is 25.2 Å². The van der Waals surface area contributed by atoms with Gasteiger partial charge in [-0.25, -0.2) is 5.01 Å². The zero-order valence-corrected chi connectivity index (χ0v) is 8.76. The largest absolute Gasteiger partial charge is 0.255 e. The molecule has 0 aromatic carbocycles. The molecule has 1 heterocycles. The van der Waals surface area contributed by atoms with Gasteiger partial charge in [-0.1, -0.05) is 26.2 Å². The van der Waals surface area contributed by atoms with E-state index in [2.05, 4.69) is 17.4 Å². The van der Waals surface area contributed by atoms with E-state index in [1.165, 1.54) is 51.6 Å². The molecule has 0 aromatic rings. The zero-order chi connectivity index (χ0) is 9.10. The minimum Gasteiger partial charge on any atom is -0.255 e. The van der Waals surface area contributed by atoms with E-state index in [9.17, 15) is 0 Å². The van der Waals surface area contributed by atoms with Crippen LogP contribution in [0.15, 0.2) is 0 Å². The van der Waals surface area contributed by atoms with Gasteiger partial charge in [0, 0.05) is 19.1 Å². The standard InChI is InChI=1S/C11H22N2/c1-2-3-8-13-11-7-5-4-6-10(11)9-12-13/h10-12H,2-9H2,1H3. The molecule has 2 nitrogen and oxygen atoms in total. The molecule has 1 aliphatic carbocycles. The highest BCUT2D eigenvalue weighted by Gasteiger charge is 2.34. The molecule has 76 valence electrons. The Morgan fingerprint density at radius 2 is 2.15 bits per heavy atom. The van der Waals surface area contributed by atoms with E-state index in [0.717, 1.165) is 12.0 Å². The fourth-order valence-electron chi connectivity index (χ4n) is 2.76. The van der Waals surface area contributed by atoms with E-state index in [1.807, 2.05) is 0 Å². The van der Waals surface area contributed by atoms with Crippen molar-refractivity contribution in [2.45, 2.75) is 51.5 Å². The maximum absolute atomic E-state index is 3.57. The monoisotopic (exact) mass is 182 g/mol. The van der Waals surface area contributed by atoms with E-state index >= 15 is 0 Å². The minimum atomic E-state index is 0.875. The molecule has 1 saturated carbocycles. The number of hydrazine groups is 1. The highest BCUT2D eigenvalue weighted by molar-refractivity contribution is 4.87. The lowest BCUT2D eigenvalue weighted by Crippen LogP contribution is -2.39. The fraction of sp³-hybridized carbons (Fsp3) is 1.00. The van der Waals surface area contributed by atoms with Gasteiger partial charge in [0.1, 0.15) is 0 Å². The molecule has 0 bridgehead atoms. The number of unbranched alkanes of at least 4 members (excludes halogenated alkanes) is 1. The topological polar surface area (TPSA) is 15.3 Å². The molecule has 0 aromatic heterocycles. The summed E-state index contributed by atoms with van der Waals surface area (Å²) in [5.41, 5.74) is 3.57. The lowest BCUT2D eigenvalue weighted by molar-refractivity contribution is 0.143. The van der Waals surface area contributed by atoms with Crippen molar-refractivity contribution in [3.05, 3.63) is 0 Å². The van der Waals surface area contributed by atoms with Crippen LogP contribution < -0.4 is 5.43 Å². The first kappa shape index (κ1) is 9.47. The van der Waals surface area contributed by atoms with Gasteiger partial charge >= 0.3 is 0 Å². The summed E-state index contributed by atoms with van der Waals surface area (Å²) < 4.78 is 0. The van der Waals surface area contributed by atoms with Crippen LogP contribution in [-0.2, 0) is 0 Å².